The van der Waals surface area contributed by atoms with Crippen LogP contribution in [0, 0.1) is 0 Å². The molecular weight excluding hydrogens is 266 g/mol. The van der Waals surface area contributed by atoms with Crippen LogP contribution in [-0.2, 0) is 12.8 Å². The molecule has 2 aromatic rings. The fourth-order valence-electron chi connectivity index (χ4n) is 2.01. The lowest BCUT2D eigenvalue weighted by Gasteiger charge is -2.14. The highest BCUT2D eigenvalue weighted by molar-refractivity contribution is 7.98. The second kappa shape index (κ2) is 7.50. The molecule has 4 heteroatoms. The van der Waals surface area contributed by atoms with Crippen molar-refractivity contribution in [2.45, 2.75) is 37.0 Å². The maximum Gasteiger partial charge on any atom is 0.0945 e. The van der Waals surface area contributed by atoms with Gasteiger partial charge in [0, 0.05) is 35.6 Å². The van der Waals surface area contributed by atoms with Crippen molar-refractivity contribution in [2.75, 3.05) is 6.54 Å². The van der Waals surface area contributed by atoms with Gasteiger partial charge in [0.1, 0.15) is 0 Å². The number of nitrogens with one attached hydrogen (secondary N) is 1. The maximum absolute atomic E-state index is 4.14. The number of aryl methyl sites for hydroxylation is 1. The fraction of sp³-hybridized carbons (Fsp3) is 0.438. The van der Waals surface area contributed by atoms with Gasteiger partial charge in [-0.3, -0.25) is 0 Å². The number of hydrogen-bond donors (Lipinski definition) is 1. The molecular formula is C16H23N3S. The Morgan fingerprint density at radius 2 is 2.05 bits per heavy atom. The van der Waals surface area contributed by atoms with E-state index in [4.69, 9.17) is 0 Å². The third-order valence-electron chi connectivity index (χ3n) is 3.38. The van der Waals surface area contributed by atoms with Gasteiger partial charge >= 0.3 is 0 Å². The van der Waals surface area contributed by atoms with Crippen molar-refractivity contribution in [2.24, 2.45) is 7.05 Å². The highest BCUT2D eigenvalue weighted by Gasteiger charge is 2.05. The van der Waals surface area contributed by atoms with Gasteiger partial charge in [-0.05, 0) is 37.6 Å². The van der Waals surface area contributed by atoms with E-state index in [1.807, 2.05) is 31.3 Å². The molecule has 2 rings (SSSR count). The zero-order valence-corrected chi connectivity index (χ0v) is 13.3. The van der Waals surface area contributed by atoms with E-state index in [1.165, 1.54) is 22.6 Å². The summed E-state index contributed by atoms with van der Waals surface area (Å²) in [5.41, 5.74) is 2.60. The minimum atomic E-state index is 0.422. The van der Waals surface area contributed by atoms with Crippen LogP contribution in [0.25, 0.3) is 0 Å². The van der Waals surface area contributed by atoms with Crippen LogP contribution < -0.4 is 5.32 Å². The van der Waals surface area contributed by atoms with E-state index in [1.54, 1.807) is 0 Å². The third-order valence-corrected chi connectivity index (χ3v) is 4.43. The second-order valence-corrected chi connectivity index (χ2v) is 6.08. The Bertz CT molecular complexity index is 519. The monoisotopic (exact) mass is 289 g/mol. The molecule has 0 aliphatic carbocycles. The summed E-state index contributed by atoms with van der Waals surface area (Å²) in [5.74, 6) is 0.958. The molecule has 1 aromatic carbocycles. The van der Waals surface area contributed by atoms with Gasteiger partial charge in [-0.1, -0.05) is 19.1 Å². The van der Waals surface area contributed by atoms with Crippen molar-refractivity contribution in [3.63, 3.8) is 0 Å². The normalized spacial score (nSPS) is 12.6. The van der Waals surface area contributed by atoms with E-state index < -0.39 is 0 Å². The van der Waals surface area contributed by atoms with Crippen molar-refractivity contribution in [3.05, 3.63) is 48.0 Å². The summed E-state index contributed by atoms with van der Waals surface area (Å²) in [6, 6.07) is 9.28. The lowest BCUT2D eigenvalue weighted by Crippen LogP contribution is -2.19. The SMILES string of the molecule is CCCNC(C)c1ccc(SCc2cncn2C)cc1. The summed E-state index contributed by atoms with van der Waals surface area (Å²) < 4.78 is 2.07. The quantitative estimate of drug-likeness (QED) is 0.787. The largest absolute Gasteiger partial charge is 0.337 e. The molecule has 20 heavy (non-hydrogen) atoms. The van der Waals surface area contributed by atoms with E-state index in [0.717, 1.165) is 12.3 Å². The average Bonchev–Trinajstić information content (AvgIpc) is 2.88. The number of benzene rings is 1. The summed E-state index contributed by atoms with van der Waals surface area (Å²) in [4.78, 5) is 5.44. The number of aromatic nitrogens is 2. The van der Waals surface area contributed by atoms with Crippen molar-refractivity contribution in [1.82, 2.24) is 14.9 Å². The molecule has 108 valence electrons. The van der Waals surface area contributed by atoms with E-state index in [-0.39, 0.29) is 0 Å². The maximum atomic E-state index is 4.14. The van der Waals surface area contributed by atoms with Gasteiger partial charge in [0.2, 0.25) is 0 Å². The zero-order valence-electron chi connectivity index (χ0n) is 12.5. The molecule has 1 aromatic heterocycles. The molecule has 1 N–H and O–H groups in total. The summed E-state index contributed by atoms with van der Waals surface area (Å²) in [6.45, 7) is 5.48. The minimum absolute atomic E-state index is 0.422. The van der Waals surface area contributed by atoms with Crippen LogP contribution in [0.2, 0.25) is 0 Å². The molecule has 1 heterocycles. The van der Waals surface area contributed by atoms with Crippen LogP contribution in [0.15, 0.2) is 41.7 Å². The molecule has 0 saturated carbocycles. The first-order chi connectivity index (χ1) is 9.70. The Kier molecular flexibility index (Phi) is 5.68. The predicted octanol–water partition coefficient (Wildman–Crippen LogP) is 3.77. The van der Waals surface area contributed by atoms with Crippen LogP contribution >= 0.6 is 11.8 Å². The molecule has 1 unspecified atom stereocenters. The Morgan fingerprint density at radius 3 is 2.65 bits per heavy atom. The molecule has 0 radical (unpaired) electrons. The molecule has 1 atom stereocenters. The summed E-state index contributed by atoms with van der Waals surface area (Å²) in [6.07, 6.45) is 4.95. The molecule has 0 fully saturated rings. The standard InChI is InChI=1S/C16H23N3S/c1-4-9-18-13(2)14-5-7-16(8-6-14)20-11-15-10-17-12-19(15)3/h5-8,10,12-13,18H,4,9,11H2,1-3H3. The molecule has 0 aliphatic rings. The Labute approximate surface area is 125 Å². The average molecular weight is 289 g/mol. The zero-order chi connectivity index (χ0) is 14.4. The predicted molar refractivity (Wildman–Crippen MR) is 85.9 cm³/mol. The summed E-state index contributed by atoms with van der Waals surface area (Å²) >= 11 is 1.85. The Morgan fingerprint density at radius 1 is 1.30 bits per heavy atom. The van der Waals surface area contributed by atoms with E-state index in [2.05, 4.69) is 53.0 Å². The number of thioether (sulfide) groups is 1. The van der Waals surface area contributed by atoms with E-state index in [9.17, 15) is 0 Å². The number of imidazole rings is 1. The Balaban J connectivity index is 1.89. The lowest BCUT2D eigenvalue weighted by atomic mass is 10.1. The van der Waals surface area contributed by atoms with Gasteiger partial charge in [-0.15, -0.1) is 11.8 Å². The van der Waals surface area contributed by atoms with Crippen molar-refractivity contribution < 1.29 is 0 Å². The van der Waals surface area contributed by atoms with Crippen molar-refractivity contribution >= 4 is 11.8 Å². The van der Waals surface area contributed by atoms with Crippen LogP contribution in [0.5, 0.6) is 0 Å². The summed E-state index contributed by atoms with van der Waals surface area (Å²) in [5, 5.41) is 3.51. The van der Waals surface area contributed by atoms with E-state index >= 15 is 0 Å². The minimum Gasteiger partial charge on any atom is -0.337 e. The fourth-order valence-corrected chi connectivity index (χ4v) is 2.93. The van der Waals surface area contributed by atoms with Gasteiger partial charge in [0.05, 0.1) is 6.33 Å². The first-order valence-corrected chi connectivity index (χ1v) is 8.10. The highest BCUT2D eigenvalue weighted by atomic mass is 32.2. The van der Waals surface area contributed by atoms with Crippen LogP contribution in [0.1, 0.15) is 37.6 Å². The number of rotatable bonds is 7. The van der Waals surface area contributed by atoms with E-state index in [0.29, 0.717) is 6.04 Å². The lowest BCUT2D eigenvalue weighted by molar-refractivity contribution is 0.570. The molecule has 0 amide bonds. The number of nitrogens with zero attached hydrogens (tertiary/aromatic N) is 2. The Hall–Kier alpha value is -1.26. The van der Waals surface area contributed by atoms with Gasteiger partial charge in [-0.2, -0.15) is 0 Å². The molecule has 0 spiro atoms. The highest BCUT2D eigenvalue weighted by Crippen LogP contribution is 2.24. The van der Waals surface area contributed by atoms with Crippen molar-refractivity contribution in [3.8, 4) is 0 Å². The van der Waals surface area contributed by atoms with Crippen LogP contribution in [0.4, 0.5) is 0 Å². The first-order valence-electron chi connectivity index (χ1n) is 7.12. The van der Waals surface area contributed by atoms with Crippen LogP contribution in [-0.4, -0.2) is 16.1 Å². The smallest absolute Gasteiger partial charge is 0.0945 e. The third kappa shape index (κ3) is 4.12. The summed E-state index contributed by atoms with van der Waals surface area (Å²) in [7, 11) is 2.03. The molecule has 0 saturated heterocycles. The first kappa shape index (κ1) is 15.1. The second-order valence-electron chi connectivity index (χ2n) is 5.03. The van der Waals surface area contributed by atoms with Gasteiger partial charge < -0.3 is 9.88 Å². The van der Waals surface area contributed by atoms with Gasteiger partial charge in [0.15, 0.2) is 0 Å². The van der Waals surface area contributed by atoms with Gasteiger partial charge in [-0.25, -0.2) is 4.98 Å². The molecule has 0 bridgehead atoms. The topological polar surface area (TPSA) is 29.9 Å². The molecule has 0 aliphatic heterocycles. The number of hydrogen-bond acceptors (Lipinski definition) is 3. The van der Waals surface area contributed by atoms with Crippen LogP contribution in [0.3, 0.4) is 0 Å². The molecule has 3 nitrogen and oxygen atoms in total. The van der Waals surface area contributed by atoms with Gasteiger partial charge in [0.25, 0.3) is 0 Å². The van der Waals surface area contributed by atoms with Crippen molar-refractivity contribution in [1.29, 1.82) is 0 Å².